The second-order valence-corrected chi connectivity index (χ2v) is 9.16. The van der Waals surface area contributed by atoms with E-state index in [1.165, 1.54) is 19.1 Å². The van der Waals surface area contributed by atoms with Crippen LogP contribution in [0.3, 0.4) is 0 Å². The van der Waals surface area contributed by atoms with Crippen LogP contribution in [0.5, 0.6) is 0 Å². The Morgan fingerprint density at radius 1 is 1.14 bits per heavy atom. The fourth-order valence-electron chi connectivity index (χ4n) is 3.32. The minimum atomic E-state index is -4.09. The first kappa shape index (κ1) is 20.8. The first-order valence-corrected chi connectivity index (χ1v) is 10.5. The van der Waals surface area contributed by atoms with E-state index >= 15 is 0 Å². The summed E-state index contributed by atoms with van der Waals surface area (Å²) >= 11 is 0. The highest BCUT2D eigenvalue weighted by Gasteiger charge is 2.52. The average Bonchev–Trinajstić information content (AvgIpc) is 2.65. The summed E-state index contributed by atoms with van der Waals surface area (Å²) in [6.07, 6.45) is 0. The highest BCUT2D eigenvalue weighted by Crippen LogP contribution is 2.28. The lowest BCUT2D eigenvalue weighted by atomic mass is 10.0. The molecule has 1 heterocycles. The van der Waals surface area contributed by atoms with Crippen LogP contribution in [-0.2, 0) is 14.6 Å². The van der Waals surface area contributed by atoms with Crippen LogP contribution in [0.2, 0.25) is 0 Å². The van der Waals surface area contributed by atoms with Crippen LogP contribution in [-0.4, -0.2) is 49.1 Å². The van der Waals surface area contributed by atoms with E-state index in [2.05, 4.69) is 10.6 Å². The number of hydrogen-bond acceptors (Lipinski definition) is 6. The van der Waals surface area contributed by atoms with Crippen molar-refractivity contribution in [3.05, 3.63) is 65.7 Å². The van der Waals surface area contributed by atoms with Gasteiger partial charge in [-0.05, 0) is 38.1 Å². The van der Waals surface area contributed by atoms with Gasteiger partial charge in [0.15, 0.2) is 15.6 Å². The molecule has 1 aliphatic rings. The summed E-state index contributed by atoms with van der Waals surface area (Å²) in [6, 6.07) is 12.4. The van der Waals surface area contributed by atoms with Gasteiger partial charge < -0.3 is 20.5 Å². The first-order valence-electron chi connectivity index (χ1n) is 8.95. The van der Waals surface area contributed by atoms with E-state index in [-0.39, 0.29) is 10.5 Å². The maximum absolute atomic E-state index is 13.3. The number of aliphatic hydroxyl groups is 1. The number of rotatable bonds is 5. The normalized spacial score (nSPS) is 24.3. The van der Waals surface area contributed by atoms with Crippen molar-refractivity contribution in [1.29, 1.82) is 0 Å². The van der Waals surface area contributed by atoms with Crippen molar-refractivity contribution < 1.29 is 27.9 Å². The number of urea groups is 1. The lowest BCUT2D eigenvalue weighted by Gasteiger charge is -2.42. The Morgan fingerprint density at radius 2 is 1.76 bits per heavy atom. The largest absolute Gasteiger partial charge is 0.460 e. The molecular formula is C20H22N2O6S. The Bertz CT molecular complexity index is 1000. The molecule has 29 heavy (non-hydrogen) atoms. The van der Waals surface area contributed by atoms with Gasteiger partial charge in [-0.3, -0.25) is 0 Å². The van der Waals surface area contributed by atoms with Crippen molar-refractivity contribution >= 4 is 21.8 Å². The summed E-state index contributed by atoms with van der Waals surface area (Å²) in [6.45, 7) is 2.60. The van der Waals surface area contributed by atoms with Crippen LogP contribution in [0.1, 0.15) is 22.8 Å². The quantitative estimate of drug-likeness (QED) is 0.631. The highest BCUT2D eigenvalue weighted by atomic mass is 32.2. The maximum atomic E-state index is 13.3. The number of benzene rings is 2. The number of amides is 2. The molecule has 0 spiro atoms. The lowest BCUT2D eigenvalue weighted by Crippen LogP contribution is -2.72. The molecule has 0 radical (unpaired) electrons. The van der Waals surface area contributed by atoms with Gasteiger partial charge in [0, 0.05) is 0 Å². The Balaban J connectivity index is 1.89. The zero-order valence-corrected chi connectivity index (χ0v) is 16.8. The third-order valence-corrected chi connectivity index (χ3v) is 7.08. The summed E-state index contributed by atoms with van der Waals surface area (Å²) in [5.41, 5.74) is -0.910. The molecule has 0 saturated carbocycles. The molecule has 8 nitrogen and oxygen atoms in total. The summed E-state index contributed by atoms with van der Waals surface area (Å²) in [7, 11) is -4.09. The number of carbonyl (C=O) groups is 2. The van der Waals surface area contributed by atoms with Gasteiger partial charge in [-0.2, -0.15) is 0 Å². The van der Waals surface area contributed by atoms with E-state index < -0.39 is 45.5 Å². The number of ether oxygens (including phenoxy) is 1. The van der Waals surface area contributed by atoms with Crippen LogP contribution in [0.4, 0.5) is 4.79 Å². The standard InChI is InChI=1S/C20H22N2O6S/c1-13-8-10-15(11-9-13)29(26,27)17-16(21-19(24)22-20(17,2)25)12-28-18(23)14-6-4-3-5-7-14/h3-11,16-17,25H,12H2,1-2H3,(H2,21,22,24). The zero-order chi connectivity index (χ0) is 21.2. The molecule has 2 aromatic carbocycles. The maximum Gasteiger partial charge on any atom is 0.338 e. The molecule has 3 rings (SSSR count). The number of sulfone groups is 1. The number of esters is 1. The molecule has 9 heteroatoms. The third kappa shape index (κ3) is 4.41. The molecule has 1 saturated heterocycles. The number of nitrogens with one attached hydrogen (secondary N) is 2. The number of aryl methyl sites for hydroxylation is 1. The predicted octanol–water partition coefficient (Wildman–Crippen LogP) is 1.38. The molecule has 1 fully saturated rings. The van der Waals surface area contributed by atoms with Crippen molar-refractivity contribution in [1.82, 2.24) is 10.6 Å². The molecule has 3 N–H and O–H groups in total. The third-order valence-electron chi connectivity index (χ3n) is 4.69. The summed E-state index contributed by atoms with van der Waals surface area (Å²) < 4.78 is 31.7. The van der Waals surface area contributed by atoms with E-state index in [0.29, 0.717) is 0 Å². The molecule has 1 aliphatic heterocycles. The van der Waals surface area contributed by atoms with Crippen molar-refractivity contribution in [3.63, 3.8) is 0 Å². The minimum absolute atomic E-state index is 0.00860. The minimum Gasteiger partial charge on any atom is -0.460 e. The van der Waals surface area contributed by atoms with Gasteiger partial charge in [-0.1, -0.05) is 35.9 Å². The van der Waals surface area contributed by atoms with Gasteiger partial charge in [0.2, 0.25) is 0 Å². The van der Waals surface area contributed by atoms with Crippen LogP contribution in [0, 0.1) is 6.92 Å². The molecule has 2 amide bonds. The van der Waals surface area contributed by atoms with Gasteiger partial charge in [0.1, 0.15) is 11.9 Å². The molecule has 3 atom stereocenters. The predicted molar refractivity (Wildman–Crippen MR) is 105 cm³/mol. The number of hydrogen-bond donors (Lipinski definition) is 3. The van der Waals surface area contributed by atoms with Crippen LogP contribution in [0.25, 0.3) is 0 Å². The molecule has 3 unspecified atom stereocenters. The van der Waals surface area contributed by atoms with Crippen molar-refractivity contribution in [2.75, 3.05) is 6.61 Å². The van der Waals surface area contributed by atoms with Crippen molar-refractivity contribution in [3.8, 4) is 0 Å². The van der Waals surface area contributed by atoms with Crippen LogP contribution >= 0.6 is 0 Å². The SMILES string of the molecule is Cc1ccc(S(=O)(=O)C2C(COC(=O)c3ccccc3)NC(=O)NC2(C)O)cc1. The van der Waals surface area contributed by atoms with Crippen LogP contribution < -0.4 is 10.6 Å². The summed E-state index contributed by atoms with van der Waals surface area (Å²) in [5.74, 6) is -0.662. The highest BCUT2D eigenvalue weighted by molar-refractivity contribution is 7.92. The Morgan fingerprint density at radius 3 is 2.38 bits per heavy atom. The van der Waals surface area contributed by atoms with E-state index in [4.69, 9.17) is 4.74 Å². The van der Waals surface area contributed by atoms with Gasteiger partial charge in [-0.25, -0.2) is 18.0 Å². The average molecular weight is 418 g/mol. The fraction of sp³-hybridized carbons (Fsp3) is 0.300. The van der Waals surface area contributed by atoms with Gasteiger partial charge in [-0.15, -0.1) is 0 Å². The van der Waals surface area contributed by atoms with E-state index in [9.17, 15) is 23.1 Å². The van der Waals surface area contributed by atoms with E-state index in [1.807, 2.05) is 6.92 Å². The zero-order valence-electron chi connectivity index (χ0n) is 16.0. The van der Waals surface area contributed by atoms with E-state index in [1.54, 1.807) is 42.5 Å². The second kappa shape index (κ2) is 7.84. The molecule has 0 aromatic heterocycles. The molecular weight excluding hydrogens is 396 g/mol. The van der Waals surface area contributed by atoms with Gasteiger partial charge >= 0.3 is 12.0 Å². The smallest absolute Gasteiger partial charge is 0.338 e. The van der Waals surface area contributed by atoms with Crippen LogP contribution in [0.15, 0.2) is 59.5 Å². The number of carbonyl (C=O) groups excluding carboxylic acids is 2. The molecule has 154 valence electrons. The second-order valence-electron chi connectivity index (χ2n) is 7.10. The van der Waals surface area contributed by atoms with Gasteiger partial charge in [0.05, 0.1) is 16.5 Å². The Kier molecular flexibility index (Phi) is 5.63. The van der Waals surface area contributed by atoms with E-state index in [0.717, 1.165) is 5.56 Å². The topological polar surface area (TPSA) is 122 Å². The monoisotopic (exact) mass is 418 g/mol. The van der Waals surface area contributed by atoms with Gasteiger partial charge in [0.25, 0.3) is 0 Å². The Labute approximate surface area is 168 Å². The molecule has 0 aliphatic carbocycles. The summed E-state index contributed by atoms with van der Waals surface area (Å²) in [4.78, 5) is 24.2. The fourth-order valence-corrected chi connectivity index (χ4v) is 5.37. The first-order chi connectivity index (χ1) is 13.6. The lowest BCUT2D eigenvalue weighted by molar-refractivity contribution is -0.00421. The Hall–Kier alpha value is -2.91. The van der Waals surface area contributed by atoms with Crippen molar-refractivity contribution in [2.45, 2.75) is 35.8 Å². The molecule has 0 bridgehead atoms. The van der Waals surface area contributed by atoms with Crippen molar-refractivity contribution in [2.24, 2.45) is 0 Å². The molecule has 2 aromatic rings. The summed E-state index contributed by atoms with van der Waals surface area (Å²) in [5, 5.41) is 13.9.